The van der Waals surface area contributed by atoms with Crippen molar-refractivity contribution in [2.24, 2.45) is 5.92 Å². The van der Waals surface area contributed by atoms with Gasteiger partial charge in [-0.1, -0.05) is 0 Å². The molecule has 0 radical (unpaired) electrons. The lowest BCUT2D eigenvalue weighted by Crippen LogP contribution is -2.42. The molecule has 0 saturated carbocycles. The molecule has 1 saturated heterocycles. The van der Waals surface area contributed by atoms with Crippen molar-refractivity contribution < 1.29 is 9.72 Å². The fourth-order valence-electron chi connectivity index (χ4n) is 3.41. The minimum absolute atomic E-state index is 0. The van der Waals surface area contributed by atoms with E-state index in [1.807, 2.05) is 7.05 Å². The molecule has 2 N–H and O–H groups in total. The van der Waals surface area contributed by atoms with Gasteiger partial charge in [-0.2, -0.15) is 0 Å². The van der Waals surface area contributed by atoms with Crippen LogP contribution in [0.4, 0.5) is 5.69 Å². The maximum Gasteiger partial charge on any atom is 0.270 e. The second-order valence-electron chi connectivity index (χ2n) is 6.35. The van der Waals surface area contributed by atoms with Crippen molar-refractivity contribution in [3.05, 3.63) is 50.3 Å². The molecule has 1 fully saturated rings. The van der Waals surface area contributed by atoms with E-state index in [-0.39, 0.29) is 29.6 Å². The van der Waals surface area contributed by atoms with Crippen molar-refractivity contribution in [1.82, 2.24) is 15.2 Å². The van der Waals surface area contributed by atoms with E-state index in [9.17, 15) is 19.7 Å². The minimum atomic E-state index is -0.511. The van der Waals surface area contributed by atoms with E-state index in [1.165, 1.54) is 24.3 Å². The number of nitrogens with one attached hydrogen (secondary N) is 2. The van der Waals surface area contributed by atoms with Crippen molar-refractivity contribution in [2.75, 3.05) is 26.7 Å². The molecule has 2 heterocycles. The molecule has 0 spiro atoms. The summed E-state index contributed by atoms with van der Waals surface area (Å²) in [6.45, 7) is 2.07. The summed E-state index contributed by atoms with van der Waals surface area (Å²) in [7, 11) is 1.88. The van der Waals surface area contributed by atoms with Crippen LogP contribution in [0.15, 0.2) is 29.1 Å². The molecule has 3 rings (SSSR count). The number of nitro benzene ring substituents is 1. The number of rotatable bonds is 4. The summed E-state index contributed by atoms with van der Waals surface area (Å²) in [5, 5.41) is 14.6. The maximum absolute atomic E-state index is 13.0. The SMILES string of the molecule is CNCC1CCCN(C(=O)c2cc(=O)[nH]c3ccc([N+](=O)[O-])cc23)C1.Cl. The fraction of sp³-hybridized carbons (Fsp3) is 0.412. The average Bonchev–Trinajstić information content (AvgIpc) is 2.60. The molecule has 0 bridgehead atoms. The molecule has 2 aromatic rings. The highest BCUT2D eigenvalue weighted by Gasteiger charge is 2.26. The number of nitrogens with zero attached hydrogens (tertiary/aromatic N) is 2. The monoisotopic (exact) mass is 380 g/mol. The number of amides is 1. The molecule has 140 valence electrons. The zero-order chi connectivity index (χ0) is 18.0. The van der Waals surface area contributed by atoms with Crippen LogP contribution in [0.25, 0.3) is 10.9 Å². The Morgan fingerprint density at radius 1 is 1.42 bits per heavy atom. The number of carbonyl (C=O) groups excluding carboxylic acids is 1. The van der Waals surface area contributed by atoms with Crippen LogP contribution in [0.1, 0.15) is 23.2 Å². The molecule has 1 unspecified atom stereocenters. The van der Waals surface area contributed by atoms with Crippen molar-refractivity contribution in [1.29, 1.82) is 0 Å². The molecule has 1 amide bonds. The number of hydrogen-bond donors (Lipinski definition) is 2. The van der Waals surface area contributed by atoms with Gasteiger partial charge in [-0.25, -0.2) is 0 Å². The Morgan fingerprint density at radius 2 is 2.19 bits per heavy atom. The Balaban J connectivity index is 0.00000243. The molecular formula is C17H21ClN4O4. The summed E-state index contributed by atoms with van der Waals surface area (Å²) in [4.78, 5) is 39.8. The standard InChI is InChI=1S/C17H20N4O4.ClH/c1-18-9-11-3-2-6-20(10-11)17(23)14-8-16(22)19-15-5-4-12(21(24)25)7-13(14)15;/h4-5,7-8,11,18H,2-3,6,9-10H2,1H3,(H,19,22);1H. The molecule has 1 aliphatic heterocycles. The van der Waals surface area contributed by atoms with Gasteiger partial charge in [-0.15, -0.1) is 12.4 Å². The van der Waals surface area contributed by atoms with Gasteiger partial charge in [-0.05, 0) is 38.4 Å². The highest BCUT2D eigenvalue weighted by Crippen LogP contribution is 2.24. The first-order valence-corrected chi connectivity index (χ1v) is 8.25. The quantitative estimate of drug-likeness (QED) is 0.622. The van der Waals surface area contributed by atoms with Crippen molar-refractivity contribution >= 4 is 34.9 Å². The number of benzene rings is 1. The summed E-state index contributed by atoms with van der Waals surface area (Å²) >= 11 is 0. The predicted molar refractivity (Wildman–Crippen MR) is 101 cm³/mol. The first kappa shape index (κ1) is 19.9. The van der Waals surface area contributed by atoms with E-state index in [1.54, 1.807) is 4.90 Å². The normalized spacial score (nSPS) is 17.0. The van der Waals surface area contributed by atoms with E-state index in [4.69, 9.17) is 0 Å². The second-order valence-corrected chi connectivity index (χ2v) is 6.35. The Labute approximate surface area is 156 Å². The van der Waals surface area contributed by atoms with Crippen LogP contribution in [0.5, 0.6) is 0 Å². The molecule has 8 nitrogen and oxygen atoms in total. The molecule has 1 aliphatic rings. The van der Waals surface area contributed by atoms with Gasteiger partial charge in [0.2, 0.25) is 5.56 Å². The number of aromatic nitrogens is 1. The number of non-ortho nitro benzene ring substituents is 1. The number of likely N-dealkylation sites (tertiary alicyclic amines) is 1. The highest BCUT2D eigenvalue weighted by molar-refractivity contribution is 6.06. The van der Waals surface area contributed by atoms with Gasteiger partial charge in [0.15, 0.2) is 0 Å². The molecule has 0 aliphatic carbocycles. The van der Waals surface area contributed by atoms with E-state index in [0.717, 1.165) is 19.4 Å². The summed E-state index contributed by atoms with van der Waals surface area (Å²) in [5.74, 6) is 0.114. The predicted octanol–water partition coefficient (Wildman–Crippen LogP) is 1.93. The Morgan fingerprint density at radius 3 is 2.88 bits per heavy atom. The third-order valence-electron chi connectivity index (χ3n) is 4.57. The third kappa shape index (κ3) is 4.03. The van der Waals surface area contributed by atoms with Gasteiger partial charge in [-0.3, -0.25) is 19.7 Å². The largest absolute Gasteiger partial charge is 0.338 e. The summed E-state index contributed by atoms with van der Waals surface area (Å²) in [6, 6.07) is 5.35. The Hall–Kier alpha value is -2.45. The van der Waals surface area contributed by atoms with Crippen LogP contribution in [0.3, 0.4) is 0 Å². The average molecular weight is 381 g/mol. The molecule has 26 heavy (non-hydrogen) atoms. The number of halogens is 1. The lowest BCUT2D eigenvalue weighted by Gasteiger charge is -2.33. The van der Waals surface area contributed by atoms with Crippen LogP contribution in [0.2, 0.25) is 0 Å². The number of hydrogen-bond acceptors (Lipinski definition) is 5. The van der Waals surface area contributed by atoms with Crippen LogP contribution >= 0.6 is 12.4 Å². The smallest absolute Gasteiger partial charge is 0.270 e. The number of piperidine rings is 1. The van der Waals surface area contributed by atoms with E-state index < -0.39 is 10.5 Å². The summed E-state index contributed by atoms with van der Waals surface area (Å²) in [6.07, 6.45) is 1.95. The summed E-state index contributed by atoms with van der Waals surface area (Å²) < 4.78 is 0. The number of H-pyrrole nitrogens is 1. The molecule has 1 aromatic heterocycles. The van der Waals surface area contributed by atoms with E-state index in [2.05, 4.69) is 10.3 Å². The zero-order valence-electron chi connectivity index (χ0n) is 14.4. The molecule has 9 heteroatoms. The van der Waals surface area contributed by atoms with E-state index in [0.29, 0.717) is 29.9 Å². The van der Waals surface area contributed by atoms with Crippen LogP contribution in [-0.2, 0) is 0 Å². The van der Waals surface area contributed by atoms with E-state index >= 15 is 0 Å². The highest BCUT2D eigenvalue weighted by atomic mass is 35.5. The second kappa shape index (κ2) is 8.29. The van der Waals surface area contributed by atoms with Crippen molar-refractivity contribution in [2.45, 2.75) is 12.8 Å². The Kier molecular flexibility index (Phi) is 6.33. The lowest BCUT2D eigenvalue weighted by molar-refractivity contribution is -0.384. The van der Waals surface area contributed by atoms with Gasteiger partial charge in [0.1, 0.15) is 0 Å². The topological polar surface area (TPSA) is 108 Å². The van der Waals surface area contributed by atoms with Crippen molar-refractivity contribution in [3.8, 4) is 0 Å². The molecular weight excluding hydrogens is 360 g/mol. The van der Waals surface area contributed by atoms with Crippen LogP contribution in [-0.4, -0.2) is 47.4 Å². The zero-order valence-corrected chi connectivity index (χ0v) is 15.2. The molecule has 1 aromatic carbocycles. The van der Waals surface area contributed by atoms with Gasteiger partial charge < -0.3 is 15.2 Å². The first-order valence-electron chi connectivity index (χ1n) is 8.25. The first-order chi connectivity index (χ1) is 12.0. The van der Waals surface area contributed by atoms with Crippen molar-refractivity contribution in [3.63, 3.8) is 0 Å². The van der Waals surface area contributed by atoms with Crippen LogP contribution < -0.4 is 10.9 Å². The number of fused-ring (bicyclic) bond motifs is 1. The van der Waals surface area contributed by atoms with Gasteiger partial charge in [0, 0.05) is 42.2 Å². The third-order valence-corrected chi connectivity index (χ3v) is 4.57. The van der Waals surface area contributed by atoms with Gasteiger partial charge >= 0.3 is 0 Å². The molecule has 1 atom stereocenters. The lowest BCUT2D eigenvalue weighted by atomic mass is 9.97. The number of aromatic amines is 1. The van der Waals surface area contributed by atoms with Crippen LogP contribution in [0, 0.1) is 16.0 Å². The maximum atomic E-state index is 13.0. The number of carbonyl (C=O) groups is 1. The Bertz CT molecular complexity index is 881. The number of nitro groups is 1. The van der Waals surface area contributed by atoms with Gasteiger partial charge in [0.05, 0.1) is 10.5 Å². The summed E-state index contributed by atoms with van der Waals surface area (Å²) in [5.41, 5.74) is 0.131. The fourth-order valence-corrected chi connectivity index (χ4v) is 3.41. The van der Waals surface area contributed by atoms with Gasteiger partial charge in [0.25, 0.3) is 11.6 Å². The minimum Gasteiger partial charge on any atom is -0.338 e. The number of pyridine rings is 1.